The summed E-state index contributed by atoms with van der Waals surface area (Å²) in [5.41, 5.74) is 6.52. The Morgan fingerprint density at radius 2 is 1.55 bits per heavy atom. The largest absolute Gasteiger partial charge is 0.512 e. The SMILES string of the molecule is CC(C)Cc1ccc2c(-c3cc(-c4[c-]c5ccccc5c(C(C)(C)C)c4)ncn3)coc2n1.CCC(CC)C(=O)/C=C(\O)C(CC)CC.[Ir]. The minimum atomic E-state index is -0.000559. The van der Waals surface area contributed by atoms with Crippen LogP contribution in [-0.4, -0.2) is 25.8 Å². The first-order valence-corrected chi connectivity index (χ1v) is 17.5. The summed E-state index contributed by atoms with van der Waals surface area (Å²) in [6.07, 6.45) is 9.19. The van der Waals surface area contributed by atoms with Crippen molar-refractivity contribution in [2.24, 2.45) is 17.8 Å². The number of carbonyl (C=O) groups is 1. The minimum absolute atomic E-state index is 0. The average molecular weight is 839 g/mol. The Morgan fingerprint density at radius 3 is 2.18 bits per heavy atom. The number of pyridine rings is 1. The van der Waals surface area contributed by atoms with E-state index in [0.717, 1.165) is 71.1 Å². The van der Waals surface area contributed by atoms with Crippen molar-refractivity contribution in [1.29, 1.82) is 0 Å². The first kappa shape index (κ1) is 39.8. The Hall–Kier alpha value is -3.67. The third-order valence-electron chi connectivity index (χ3n) is 9.00. The molecule has 49 heavy (non-hydrogen) atoms. The predicted octanol–water partition coefficient (Wildman–Crippen LogP) is 11.3. The molecule has 0 spiro atoms. The van der Waals surface area contributed by atoms with Crippen LogP contribution in [0, 0.1) is 23.8 Å². The van der Waals surface area contributed by atoms with Gasteiger partial charge in [-0.2, -0.15) is 0 Å². The summed E-state index contributed by atoms with van der Waals surface area (Å²) in [6, 6.07) is 20.4. The number of fused-ring (bicyclic) bond motifs is 2. The summed E-state index contributed by atoms with van der Waals surface area (Å²) in [5, 5.41) is 13.0. The van der Waals surface area contributed by atoms with Gasteiger partial charge in [0.15, 0.2) is 5.78 Å². The third kappa shape index (κ3) is 9.95. The molecule has 0 saturated carbocycles. The molecule has 0 atom stereocenters. The van der Waals surface area contributed by atoms with Crippen molar-refractivity contribution in [1.82, 2.24) is 15.0 Å². The van der Waals surface area contributed by atoms with Gasteiger partial charge in [-0.25, -0.2) is 9.97 Å². The third-order valence-corrected chi connectivity index (χ3v) is 9.00. The zero-order chi connectivity index (χ0) is 35.0. The zero-order valence-corrected chi connectivity index (χ0v) is 33.0. The van der Waals surface area contributed by atoms with Crippen LogP contribution in [0.1, 0.15) is 99.3 Å². The fourth-order valence-electron chi connectivity index (χ4n) is 6.10. The van der Waals surface area contributed by atoms with E-state index in [1.807, 2.05) is 33.8 Å². The van der Waals surface area contributed by atoms with Gasteiger partial charge < -0.3 is 9.52 Å². The second-order valence-corrected chi connectivity index (χ2v) is 14.1. The second-order valence-electron chi connectivity index (χ2n) is 14.1. The van der Waals surface area contributed by atoms with Crippen LogP contribution >= 0.6 is 0 Å². The summed E-state index contributed by atoms with van der Waals surface area (Å²) < 4.78 is 5.81. The second kappa shape index (κ2) is 17.8. The van der Waals surface area contributed by atoms with Gasteiger partial charge in [0.2, 0.25) is 5.71 Å². The van der Waals surface area contributed by atoms with Crippen molar-refractivity contribution in [2.45, 2.75) is 99.8 Å². The van der Waals surface area contributed by atoms with Crippen molar-refractivity contribution in [3.05, 3.63) is 90.3 Å². The number of aromatic nitrogens is 3. The molecule has 0 saturated heterocycles. The molecular weight excluding hydrogens is 787 g/mol. The van der Waals surface area contributed by atoms with Crippen LogP contribution in [0.25, 0.3) is 44.4 Å². The zero-order valence-electron chi connectivity index (χ0n) is 30.6. The molecule has 5 rings (SSSR count). The molecule has 0 bridgehead atoms. The monoisotopic (exact) mass is 839 g/mol. The summed E-state index contributed by atoms with van der Waals surface area (Å²) in [4.78, 5) is 25.6. The van der Waals surface area contributed by atoms with E-state index in [9.17, 15) is 9.90 Å². The molecule has 1 radical (unpaired) electrons. The van der Waals surface area contributed by atoms with E-state index in [1.54, 1.807) is 12.6 Å². The number of hydrogen-bond donors (Lipinski definition) is 1. The van der Waals surface area contributed by atoms with E-state index in [4.69, 9.17) is 9.40 Å². The Balaban J connectivity index is 0.000000347. The fraction of sp³-hybridized carbons (Fsp3) is 0.429. The minimum Gasteiger partial charge on any atom is -0.512 e. The van der Waals surface area contributed by atoms with Crippen molar-refractivity contribution < 1.29 is 34.4 Å². The molecule has 5 aromatic rings. The van der Waals surface area contributed by atoms with Gasteiger partial charge in [-0.15, -0.1) is 29.1 Å². The average Bonchev–Trinajstić information content (AvgIpc) is 3.48. The summed E-state index contributed by atoms with van der Waals surface area (Å²) in [5.74, 6) is 1.09. The van der Waals surface area contributed by atoms with Crippen molar-refractivity contribution in [3.63, 3.8) is 0 Å². The van der Waals surface area contributed by atoms with Gasteiger partial charge in [0.25, 0.3) is 0 Å². The number of rotatable bonds is 11. The van der Waals surface area contributed by atoms with Gasteiger partial charge in [0.05, 0.1) is 11.5 Å². The number of ketones is 1. The van der Waals surface area contributed by atoms with Crippen LogP contribution in [0.15, 0.2) is 77.4 Å². The van der Waals surface area contributed by atoms with E-state index >= 15 is 0 Å². The molecule has 0 aliphatic rings. The normalized spacial score (nSPS) is 12.0. The molecular formula is C42H52IrN3O3-. The summed E-state index contributed by atoms with van der Waals surface area (Å²) in [7, 11) is 0. The summed E-state index contributed by atoms with van der Waals surface area (Å²) in [6.45, 7) is 19.2. The van der Waals surface area contributed by atoms with Crippen molar-refractivity contribution in [3.8, 4) is 22.5 Å². The number of nitrogens with zero attached hydrogens (tertiary/aromatic N) is 3. The molecule has 0 unspecified atom stereocenters. The van der Waals surface area contributed by atoms with E-state index in [0.29, 0.717) is 11.6 Å². The molecule has 0 amide bonds. The molecule has 2 aromatic carbocycles. The van der Waals surface area contributed by atoms with Crippen LogP contribution in [-0.2, 0) is 36.7 Å². The molecule has 6 nitrogen and oxygen atoms in total. The summed E-state index contributed by atoms with van der Waals surface area (Å²) >= 11 is 0. The molecule has 3 heterocycles. The number of furan rings is 1. The fourth-order valence-corrected chi connectivity index (χ4v) is 6.10. The van der Waals surface area contributed by atoms with Crippen LogP contribution < -0.4 is 0 Å². The number of carbonyl (C=O) groups excluding carboxylic acids is 1. The van der Waals surface area contributed by atoms with Crippen LogP contribution in [0.5, 0.6) is 0 Å². The van der Waals surface area contributed by atoms with E-state index in [2.05, 4.69) is 93.1 Å². The van der Waals surface area contributed by atoms with E-state index in [-0.39, 0.29) is 48.9 Å². The standard InChI is InChI=1S/C29H28N3O.C13H24O2.Ir/c1-18(2)12-21-10-11-23-24(16-33-28(23)32-21)27-15-26(30-17-31-27)20-13-19-8-6-7-9-22(19)25(14-20)29(3,4)5;1-5-10(6-2)12(14)9-13(15)11(7-3)8-4;/h6-11,14-18H,12H2,1-5H3;9-11,14H,5-8H2,1-4H3;/q-1;;/b;12-9-;. The number of aliphatic hydroxyl groups is 1. The first-order valence-electron chi connectivity index (χ1n) is 17.5. The molecule has 1 N–H and O–H groups in total. The Kier molecular flexibility index (Phi) is 14.5. The number of hydrogen-bond acceptors (Lipinski definition) is 6. The van der Waals surface area contributed by atoms with E-state index in [1.165, 1.54) is 17.0 Å². The predicted molar refractivity (Wildman–Crippen MR) is 198 cm³/mol. The maximum atomic E-state index is 11.7. The number of benzene rings is 2. The smallest absolute Gasteiger partial charge is 0.226 e. The Morgan fingerprint density at radius 1 is 0.898 bits per heavy atom. The van der Waals surface area contributed by atoms with Gasteiger partial charge in [-0.1, -0.05) is 91.5 Å². The first-order chi connectivity index (χ1) is 22.9. The van der Waals surface area contributed by atoms with E-state index < -0.39 is 0 Å². The van der Waals surface area contributed by atoms with Crippen LogP contribution in [0.3, 0.4) is 0 Å². The maximum absolute atomic E-state index is 11.7. The van der Waals surface area contributed by atoms with Gasteiger partial charge in [-0.05, 0) is 61.6 Å². The molecule has 7 heteroatoms. The maximum Gasteiger partial charge on any atom is 0.226 e. The van der Waals surface area contributed by atoms with Crippen LogP contribution in [0.4, 0.5) is 0 Å². The molecule has 263 valence electrons. The van der Waals surface area contributed by atoms with Crippen molar-refractivity contribution >= 4 is 27.7 Å². The van der Waals surface area contributed by atoms with Crippen LogP contribution in [0.2, 0.25) is 0 Å². The molecule has 0 aliphatic heterocycles. The molecule has 3 aromatic heterocycles. The van der Waals surface area contributed by atoms with Gasteiger partial charge in [-0.3, -0.25) is 9.78 Å². The Bertz CT molecular complexity index is 1860. The quantitative estimate of drug-likeness (QED) is 0.0810. The Labute approximate surface area is 306 Å². The van der Waals surface area contributed by atoms with Gasteiger partial charge >= 0.3 is 0 Å². The topological polar surface area (TPSA) is 89.1 Å². The van der Waals surface area contributed by atoms with Crippen molar-refractivity contribution in [2.75, 3.05) is 0 Å². The molecule has 0 fully saturated rings. The van der Waals surface area contributed by atoms with Gasteiger partial charge in [0.1, 0.15) is 12.6 Å². The van der Waals surface area contributed by atoms with Gasteiger partial charge in [0, 0.05) is 60.4 Å². The number of aliphatic hydroxyl groups excluding tert-OH is 1. The molecule has 0 aliphatic carbocycles. The number of allylic oxidation sites excluding steroid dienone is 2.